The Morgan fingerprint density at radius 1 is 1.33 bits per heavy atom. The van der Waals surface area contributed by atoms with E-state index in [9.17, 15) is 10.1 Å². The Kier molecular flexibility index (Phi) is 4.88. The van der Waals surface area contributed by atoms with Gasteiger partial charge in [0.25, 0.3) is 5.69 Å². The molecule has 24 heavy (non-hydrogen) atoms. The van der Waals surface area contributed by atoms with Crippen LogP contribution in [0.25, 0.3) is 0 Å². The fourth-order valence-corrected chi connectivity index (χ4v) is 2.94. The first-order chi connectivity index (χ1) is 11.6. The van der Waals surface area contributed by atoms with Gasteiger partial charge in [-0.1, -0.05) is 19.1 Å². The van der Waals surface area contributed by atoms with E-state index in [-0.39, 0.29) is 5.69 Å². The monoisotopic (exact) mass is 327 g/mol. The van der Waals surface area contributed by atoms with Crippen LogP contribution < -0.4 is 10.2 Å². The fraction of sp³-hybridized carbons (Fsp3) is 0.412. The second kappa shape index (κ2) is 7.25. The van der Waals surface area contributed by atoms with Gasteiger partial charge in [0.05, 0.1) is 4.92 Å². The Morgan fingerprint density at radius 3 is 2.83 bits per heavy atom. The highest BCUT2D eigenvalue weighted by atomic mass is 16.6. The lowest BCUT2D eigenvalue weighted by Gasteiger charge is -2.31. The summed E-state index contributed by atoms with van der Waals surface area (Å²) in [6.07, 6.45) is 4.04. The van der Waals surface area contributed by atoms with Gasteiger partial charge in [-0.05, 0) is 24.3 Å². The molecule has 126 valence electrons. The zero-order valence-electron chi connectivity index (χ0n) is 13.7. The summed E-state index contributed by atoms with van der Waals surface area (Å²) in [5.74, 6) is 2.39. The third kappa shape index (κ3) is 3.98. The summed E-state index contributed by atoms with van der Waals surface area (Å²) in [6, 6.07) is 8.48. The van der Waals surface area contributed by atoms with Crippen molar-refractivity contribution in [2.24, 2.45) is 5.92 Å². The topological polar surface area (TPSA) is 84.2 Å². The van der Waals surface area contributed by atoms with Crippen LogP contribution in [-0.2, 0) is 6.54 Å². The van der Waals surface area contributed by atoms with E-state index < -0.39 is 4.92 Å². The number of anilines is 2. The first-order valence-electron chi connectivity index (χ1n) is 8.16. The van der Waals surface area contributed by atoms with E-state index in [4.69, 9.17) is 0 Å². The average molecular weight is 327 g/mol. The summed E-state index contributed by atoms with van der Waals surface area (Å²) in [4.78, 5) is 21.2. The van der Waals surface area contributed by atoms with Gasteiger partial charge in [-0.25, -0.2) is 9.97 Å². The molecule has 0 bridgehead atoms. The summed E-state index contributed by atoms with van der Waals surface area (Å²) in [5, 5.41) is 13.9. The van der Waals surface area contributed by atoms with Crippen LogP contribution in [-0.4, -0.2) is 28.0 Å². The van der Waals surface area contributed by atoms with Crippen LogP contribution in [0.2, 0.25) is 0 Å². The van der Waals surface area contributed by atoms with Crippen molar-refractivity contribution in [3.05, 3.63) is 52.3 Å². The number of piperidine rings is 1. The van der Waals surface area contributed by atoms with E-state index in [0.29, 0.717) is 12.5 Å². The highest BCUT2D eigenvalue weighted by Crippen LogP contribution is 2.22. The molecular weight excluding hydrogens is 306 g/mol. The largest absolute Gasteiger partial charge is 0.366 e. The lowest BCUT2D eigenvalue weighted by molar-refractivity contribution is -0.384. The number of nitrogens with one attached hydrogen (secondary N) is 1. The number of hydrogen-bond donors (Lipinski definition) is 1. The van der Waals surface area contributed by atoms with Crippen LogP contribution in [0, 0.1) is 16.0 Å². The molecule has 1 aromatic carbocycles. The maximum Gasteiger partial charge on any atom is 0.269 e. The zero-order valence-corrected chi connectivity index (χ0v) is 13.7. The highest BCUT2D eigenvalue weighted by Gasteiger charge is 2.17. The number of rotatable bonds is 5. The molecule has 1 aliphatic rings. The minimum absolute atomic E-state index is 0.0993. The molecule has 1 fully saturated rings. The van der Waals surface area contributed by atoms with Crippen LogP contribution in [0.3, 0.4) is 0 Å². The van der Waals surface area contributed by atoms with E-state index in [1.807, 2.05) is 6.07 Å². The first-order valence-corrected chi connectivity index (χ1v) is 8.16. The molecule has 0 amide bonds. The molecule has 0 radical (unpaired) electrons. The Bertz CT molecular complexity index is 704. The Hall–Kier alpha value is -2.70. The van der Waals surface area contributed by atoms with E-state index in [0.717, 1.165) is 30.3 Å². The van der Waals surface area contributed by atoms with Crippen LogP contribution >= 0.6 is 0 Å². The van der Waals surface area contributed by atoms with Gasteiger partial charge < -0.3 is 10.2 Å². The quantitative estimate of drug-likeness (QED) is 0.670. The molecule has 7 heteroatoms. The van der Waals surface area contributed by atoms with Gasteiger partial charge >= 0.3 is 0 Å². The number of aromatic nitrogens is 2. The molecule has 1 N–H and O–H groups in total. The molecule has 2 heterocycles. The van der Waals surface area contributed by atoms with E-state index >= 15 is 0 Å². The van der Waals surface area contributed by atoms with E-state index in [1.165, 1.54) is 25.0 Å². The predicted octanol–water partition coefficient (Wildman–Crippen LogP) is 3.23. The van der Waals surface area contributed by atoms with Gasteiger partial charge in [0.1, 0.15) is 18.0 Å². The lowest BCUT2D eigenvalue weighted by atomic mass is 10.0. The van der Waals surface area contributed by atoms with Gasteiger partial charge in [-0.3, -0.25) is 10.1 Å². The van der Waals surface area contributed by atoms with Gasteiger partial charge in [0.15, 0.2) is 0 Å². The molecule has 1 saturated heterocycles. The number of nitro groups is 1. The second-order valence-electron chi connectivity index (χ2n) is 6.23. The molecule has 2 aromatic rings. The van der Waals surface area contributed by atoms with Crippen molar-refractivity contribution in [3.63, 3.8) is 0 Å². The molecule has 1 atom stereocenters. The number of hydrogen-bond acceptors (Lipinski definition) is 6. The standard InChI is InChI=1S/C17H21N5O2/c1-13-3-2-8-21(11-13)17-9-16(19-12-20-17)18-10-14-4-6-15(7-5-14)22(23)24/h4-7,9,12-13H,2-3,8,10-11H2,1H3,(H,18,19,20). The third-order valence-electron chi connectivity index (χ3n) is 4.25. The Labute approximate surface area is 140 Å². The van der Waals surface area contributed by atoms with Crippen molar-refractivity contribution < 1.29 is 4.92 Å². The summed E-state index contributed by atoms with van der Waals surface area (Å²) >= 11 is 0. The summed E-state index contributed by atoms with van der Waals surface area (Å²) in [6.45, 7) is 4.88. The SMILES string of the molecule is CC1CCCN(c2cc(NCc3ccc([N+](=O)[O-])cc3)ncn2)C1. The number of nitro benzene ring substituents is 1. The van der Waals surface area contributed by atoms with Crippen LogP contribution in [0.5, 0.6) is 0 Å². The third-order valence-corrected chi connectivity index (χ3v) is 4.25. The van der Waals surface area contributed by atoms with Crippen molar-refractivity contribution in [1.29, 1.82) is 0 Å². The van der Waals surface area contributed by atoms with Gasteiger partial charge in [0, 0.05) is 37.8 Å². The smallest absolute Gasteiger partial charge is 0.269 e. The average Bonchev–Trinajstić information content (AvgIpc) is 2.60. The van der Waals surface area contributed by atoms with Gasteiger partial charge in [-0.15, -0.1) is 0 Å². The minimum Gasteiger partial charge on any atom is -0.366 e. The fourth-order valence-electron chi connectivity index (χ4n) is 2.94. The summed E-state index contributed by atoms with van der Waals surface area (Å²) in [5.41, 5.74) is 1.06. The van der Waals surface area contributed by atoms with Crippen molar-refractivity contribution in [3.8, 4) is 0 Å². The number of non-ortho nitro benzene ring substituents is 1. The zero-order chi connectivity index (χ0) is 16.9. The molecular formula is C17H21N5O2. The molecule has 0 spiro atoms. The Balaban J connectivity index is 1.63. The summed E-state index contributed by atoms with van der Waals surface area (Å²) in [7, 11) is 0. The second-order valence-corrected chi connectivity index (χ2v) is 6.23. The predicted molar refractivity (Wildman–Crippen MR) is 93.1 cm³/mol. The molecule has 1 aromatic heterocycles. The molecule has 1 aliphatic heterocycles. The molecule has 1 unspecified atom stereocenters. The van der Waals surface area contributed by atoms with Gasteiger partial charge in [-0.2, -0.15) is 0 Å². The first kappa shape index (κ1) is 16.2. The van der Waals surface area contributed by atoms with Crippen molar-refractivity contribution >= 4 is 17.3 Å². The molecule has 3 rings (SSSR count). The van der Waals surface area contributed by atoms with Crippen molar-refractivity contribution in [2.45, 2.75) is 26.3 Å². The highest BCUT2D eigenvalue weighted by molar-refractivity contribution is 5.49. The van der Waals surface area contributed by atoms with Crippen molar-refractivity contribution in [2.75, 3.05) is 23.3 Å². The maximum atomic E-state index is 10.7. The van der Waals surface area contributed by atoms with Crippen molar-refractivity contribution in [1.82, 2.24) is 9.97 Å². The van der Waals surface area contributed by atoms with Gasteiger partial charge in [0.2, 0.25) is 0 Å². The molecule has 0 saturated carbocycles. The van der Waals surface area contributed by atoms with E-state index in [2.05, 4.69) is 27.1 Å². The van der Waals surface area contributed by atoms with Crippen LogP contribution in [0.1, 0.15) is 25.3 Å². The lowest BCUT2D eigenvalue weighted by Crippen LogP contribution is -2.34. The number of nitrogens with zero attached hydrogens (tertiary/aromatic N) is 4. The normalized spacial score (nSPS) is 17.5. The van der Waals surface area contributed by atoms with Crippen LogP contribution in [0.15, 0.2) is 36.7 Å². The summed E-state index contributed by atoms with van der Waals surface area (Å²) < 4.78 is 0. The maximum absolute atomic E-state index is 10.7. The molecule has 7 nitrogen and oxygen atoms in total. The number of benzene rings is 1. The van der Waals surface area contributed by atoms with E-state index in [1.54, 1.807) is 18.5 Å². The Morgan fingerprint density at radius 2 is 2.12 bits per heavy atom. The molecule has 0 aliphatic carbocycles. The van der Waals surface area contributed by atoms with Crippen LogP contribution in [0.4, 0.5) is 17.3 Å². The minimum atomic E-state index is -0.395.